The highest BCUT2D eigenvalue weighted by Gasteiger charge is 2.29. The van der Waals surface area contributed by atoms with Gasteiger partial charge in [0.1, 0.15) is 12.1 Å². The van der Waals surface area contributed by atoms with Gasteiger partial charge in [0.05, 0.1) is 18.9 Å². The summed E-state index contributed by atoms with van der Waals surface area (Å²) >= 11 is 0. The molecule has 0 aromatic rings. The minimum atomic E-state index is -1.46. The van der Waals surface area contributed by atoms with Crippen LogP contribution in [-0.2, 0) is 24.0 Å². The number of hydrogen-bond donors (Lipinski definition) is 6. The predicted octanol–water partition coefficient (Wildman–Crippen LogP) is -2.24. The van der Waals surface area contributed by atoms with Crippen molar-refractivity contribution in [3.8, 4) is 0 Å². The second-order valence-electron chi connectivity index (χ2n) is 5.96. The summed E-state index contributed by atoms with van der Waals surface area (Å²) in [5, 5.41) is 22.1. The van der Waals surface area contributed by atoms with E-state index in [1.807, 2.05) is 0 Å². The summed E-state index contributed by atoms with van der Waals surface area (Å²) in [6.45, 7) is 3.52. The third kappa shape index (κ3) is 9.25. The molecule has 11 nitrogen and oxygen atoms in total. The zero-order valence-electron chi connectivity index (χ0n) is 14.0. The number of aliphatic carboxylic acids is 2. The van der Waals surface area contributed by atoms with Crippen LogP contribution in [0.4, 0.5) is 0 Å². The quantitative estimate of drug-likeness (QED) is 0.237. The smallest absolute Gasteiger partial charge is 0.326 e. The number of amides is 3. The number of nitrogens with two attached hydrogens (primary N) is 2. The van der Waals surface area contributed by atoms with Gasteiger partial charge in [-0.1, -0.05) is 13.8 Å². The van der Waals surface area contributed by atoms with Crippen LogP contribution in [-0.4, -0.2) is 58.0 Å². The average molecular weight is 360 g/mol. The maximum atomic E-state index is 12.2. The zero-order chi connectivity index (χ0) is 19.7. The molecule has 25 heavy (non-hydrogen) atoms. The van der Waals surface area contributed by atoms with Crippen LogP contribution in [0.25, 0.3) is 0 Å². The molecule has 11 heteroatoms. The van der Waals surface area contributed by atoms with Crippen LogP contribution in [0.2, 0.25) is 0 Å². The van der Waals surface area contributed by atoms with E-state index in [0.717, 1.165) is 0 Å². The molecule has 3 unspecified atom stereocenters. The van der Waals surface area contributed by atoms with Gasteiger partial charge < -0.3 is 32.3 Å². The van der Waals surface area contributed by atoms with Crippen LogP contribution >= 0.6 is 0 Å². The third-order valence-electron chi connectivity index (χ3n) is 3.09. The molecule has 3 atom stereocenters. The second kappa shape index (κ2) is 10.2. The molecule has 0 aromatic heterocycles. The molecule has 0 saturated carbocycles. The van der Waals surface area contributed by atoms with E-state index in [4.69, 9.17) is 21.7 Å². The Balaban J connectivity index is 5.08. The van der Waals surface area contributed by atoms with Crippen molar-refractivity contribution in [1.29, 1.82) is 0 Å². The van der Waals surface area contributed by atoms with Crippen LogP contribution < -0.4 is 22.1 Å². The van der Waals surface area contributed by atoms with Crippen LogP contribution in [0.15, 0.2) is 0 Å². The second-order valence-corrected chi connectivity index (χ2v) is 5.96. The maximum Gasteiger partial charge on any atom is 0.326 e. The highest BCUT2D eigenvalue weighted by molar-refractivity contribution is 5.95. The maximum absolute atomic E-state index is 12.2. The van der Waals surface area contributed by atoms with Crippen LogP contribution in [0, 0.1) is 5.92 Å². The normalized spacial score (nSPS) is 14.2. The van der Waals surface area contributed by atoms with E-state index in [-0.39, 0.29) is 12.3 Å². The SMILES string of the molecule is CC(C)CC(NC(=O)C(CC(N)=O)NC(=O)C(N)CC(=O)O)C(=O)O. The van der Waals surface area contributed by atoms with Gasteiger partial charge >= 0.3 is 11.9 Å². The van der Waals surface area contributed by atoms with Crippen molar-refractivity contribution in [1.82, 2.24) is 10.6 Å². The fraction of sp³-hybridized carbons (Fsp3) is 0.643. The molecule has 0 saturated heterocycles. The Morgan fingerprint density at radius 2 is 1.44 bits per heavy atom. The molecule has 0 heterocycles. The lowest BCUT2D eigenvalue weighted by Gasteiger charge is -2.22. The van der Waals surface area contributed by atoms with E-state index in [1.165, 1.54) is 0 Å². The van der Waals surface area contributed by atoms with Crippen LogP contribution in [0.3, 0.4) is 0 Å². The van der Waals surface area contributed by atoms with E-state index in [9.17, 15) is 24.0 Å². The standard InChI is InChI=1S/C14H24N4O7/c1-6(2)3-9(14(24)25)18-13(23)8(5-10(16)19)17-12(22)7(15)4-11(20)21/h6-9H,3-5,15H2,1-2H3,(H2,16,19)(H,17,22)(H,18,23)(H,20,21)(H,24,25). The Bertz CT molecular complexity index is 535. The fourth-order valence-electron chi connectivity index (χ4n) is 1.94. The number of primary amides is 1. The van der Waals surface area contributed by atoms with Gasteiger partial charge in [0.2, 0.25) is 17.7 Å². The van der Waals surface area contributed by atoms with Crippen molar-refractivity contribution in [3.05, 3.63) is 0 Å². The lowest BCUT2D eigenvalue weighted by molar-refractivity contribution is -0.143. The van der Waals surface area contributed by atoms with Crippen LogP contribution in [0.1, 0.15) is 33.1 Å². The highest BCUT2D eigenvalue weighted by Crippen LogP contribution is 2.06. The summed E-state index contributed by atoms with van der Waals surface area (Å²) in [7, 11) is 0. The van der Waals surface area contributed by atoms with Gasteiger partial charge in [-0.05, 0) is 12.3 Å². The lowest BCUT2D eigenvalue weighted by Crippen LogP contribution is -2.55. The summed E-state index contributed by atoms with van der Waals surface area (Å²) in [6, 6.07) is -4.11. The number of carbonyl (C=O) groups excluding carboxylic acids is 3. The Morgan fingerprint density at radius 1 is 0.920 bits per heavy atom. The molecule has 142 valence electrons. The van der Waals surface area contributed by atoms with Gasteiger partial charge in [0.25, 0.3) is 0 Å². The average Bonchev–Trinajstić information content (AvgIpc) is 2.43. The summed E-state index contributed by atoms with van der Waals surface area (Å²) < 4.78 is 0. The van der Waals surface area contributed by atoms with E-state index in [0.29, 0.717) is 0 Å². The molecule has 0 bridgehead atoms. The van der Waals surface area contributed by atoms with E-state index in [2.05, 4.69) is 10.6 Å². The number of hydrogen-bond acceptors (Lipinski definition) is 6. The Hall–Kier alpha value is -2.69. The number of nitrogens with one attached hydrogen (secondary N) is 2. The fourth-order valence-corrected chi connectivity index (χ4v) is 1.94. The first-order valence-corrected chi connectivity index (χ1v) is 7.53. The number of carboxylic acids is 2. The Morgan fingerprint density at radius 3 is 1.84 bits per heavy atom. The molecule has 3 amide bonds. The first-order valence-electron chi connectivity index (χ1n) is 7.53. The Labute approximate surface area is 144 Å². The minimum Gasteiger partial charge on any atom is -0.481 e. The molecule has 0 aromatic carbocycles. The van der Waals surface area contributed by atoms with Gasteiger partial charge in [0, 0.05) is 0 Å². The topological polar surface area (TPSA) is 202 Å². The van der Waals surface area contributed by atoms with Crippen molar-refractivity contribution in [2.75, 3.05) is 0 Å². The molecule has 0 radical (unpaired) electrons. The summed E-state index contributed by atoms with van der Waals surface area (Å²) in [5.74, 6) is -5.44. The Kier molecular flexibility index (Phi) is 9.13. The molecular weight excluding hydrogens is 336 g/mol. The summed E-state index contributed by atoms with van der Waals surface area (Å²) in [6.07, 6.45) is -1.13. The number of carbonyl (C=O) groups is 5. The molecular formula is C14H24N4O7. The van der Waals surface area contributed by atoms with Gasteiger partial charge in [-0.25, -0.2) is 4.79 Å². The molecule has 0 rings (SSSR count). The molecule has 0 fully saturated rings. The number of rotatable bonds is 11. The van der Waals surface area contributed by atoms with Crippen LogP contribution in [0.5, 0.6) is 0 Å². The van der Waals surface area contributed by atoms with Crippen molar-refractivity contribution < 1.29 is 34.2 Å². The van der Waals surface area contributed by atoms with Crippen molar-refractivity contribution in [3.63, 3.8) is 0 Å². The first-order chi connectivity index (χ1) is 11.4. The molecule has 0 spiro atoms. The summed E-state index contributed by atoms with van der Waals surface area (Å²) in [5.41, 5.74) is 10.4. The lowest BCUT2D eigenvalue weighted by atomic mass is 10.0. The highest BCUT2D eigenvalue weighted by atomic mass is 16.4. The van der Waals surface area contributed by atoms with Crippen molar-refractivity contribution in [2.45, 2.75) is 51.2 Å². The van der Waals surface area contributed by atoms with E-state index in [1.54, 1.807) is 13.8 Å². The van der Waals surface area contributed by atoms with Crippen molar-refractivity contribution in [2.24, 2.45) is 17.4 Å². The van der Waals surface area contributed by atoms with E-state index < -0.39 is 60.6 Å². The molecule has 0 aliphatic heterocycles. The van der Waals surface area contributed by atoms with E-state index >= 15 is 0 Å². The third-order valence-corrected chi connectivity index (χ3v) is 3.09. The molecule has 0 aliphatic carbocycles. The molecule has 0 aliphatic rings. The predicted molar refractivity (Wildman–Crippen MR) is 85.0 cm³/mol. The van der Waals surface area contributed by atoms with Gasteiger partial charge in [0.15, 0.2) is 0 Å². The van der Waals surface area contributed by atoms with Crippen molar-refractivity contribution >= 4 is 29.7 Å². The number of carboxylic acid groups (broad SMARTS) is 2. The largest absolute Gasteiger partial charge is 0.481 e. The van der Waals surface area contributed by atoms with Gasteiger partial charge in [-0.15, -0.1) is 0 Å². The monoisotopic (exact) mass is 360 g/mol. The first kappa shape index (κ1) is 22.3. The summed E-state index contributed by atoms with van der Waals surface area (Å²) in [4.78, 5) is 56.9. The van der Waals surface area contributed by atoms with Gasteiger partial charge in [-0.2, -0.15) is 0 Å². The molecule has 8 N–H and O–H groups in total. The zero-order valence-corrected chi connectivity index (χ0v) is 14.0. The van der Waals surface area contributed by atoms with Gasteiger partial charge in [-0.3, -0.25) is 19.2 Å². The minimum absolute atomic E-state index is 0.0328.